The van der Waals surface area contributed by atoms with Gasteiger partial charge in [-0.2, -0.15) is 0 Å². The van der Waals surface area contributed by atoms with Crippen molar-refractivity contribution in [1.29, 1.82) is 0 Å². The van der Waals surface area contributed by atoms with Crippen LogP contribution in [0.4, 0.5) is 4.79 Å². The van der Waals surface area contributed by atoms with Gasteiger partial charge >= 0.3 is 12.1 Å². The third kappa shape index (κ3) is 5.13. The highest BCUT2D eigenvalue weighted by molar-refractivity contribution is 8.77. The van der Waals surface area contributed by atoms with Gasteiger partial charge in [-0.3, -0.25) is 4.90 Å². The van der Waals surface area contributed by atoms with Gasteiger partial charge in [0.1, 0.15) is 12.6 Å². The standard InChI is InChI=1S/C23H27NO4S2/c1-23(2,3)30-29-14-20(21(25)26)24(4)22(27)28-13-19-17-11-7-5-9-15(17)16-10-6-8-12-18(16)19/h5-12,19-20H,13-14H2,1-4H3,(H,25,26)/t20-/m1/s1. The summed E-state index contributed by atoms with van der Waals surface area (Å²) in [4.78, 5) is 25.6. The van der Waals surface area contributed by atoms with E-state index in [0.29, 0.717) is 0 Å². The summed E-state index contributed by atoms with van der Waals surface area (Å²) in [5.41, 5.74) is 4.56. The first kappa shape index (κ1) is 22.6. The second kappa shape index (κ2) is 9.35. The summed E-state index contributed by atoms with van der Waals surface area (Å²) in [6.45, 7) is 6.37. The maximum atomic E-state index is 12.7. The number of likely N-dealkylation sites (N-methyl/N-ethyl adjacent to an activating group) is 1. The lowest BCUT2D eigenvalue weighted by Crippen LogP contribution is -2.44. The zero-order chi connectivity index (χ0) is 21.9. The summed E-state index contributed by atoms with van der Waals surface area (Å²) in [7, 11) is 4.54. The van der Waals surface area contributed by atoms with Crippen molar-refractivity contribution in [2.75, 3.05) is 19.4 Å². The molecule has 2 aromatic rings. The highest BCUT2D eigenvalue weighted by atomic mass is 33.1. The monoisotopic (exact) mass is 445 g/mol. The fourth-order valence-corrected chi connectivity index (χ4v) is 6.02. The van der Waals surface area contributed by atoms with E-state index in [4.69, 9.17) is 4.74 Å². The maximum Gasteiger partial charge on any atom is 0.410 e. The van der Waals surface area contributed by atoms with Crippen LogP contribution in [0.1, 0.15) is 37.8 Å². The van der Waals surface area contributed by atoms with E-state index in [1.807, 2.05) is 24.3 Å². The average molecular weight is 446 g/mol. The normalized spacial score (nSPS) is 14.0. The molecule has 0 fully saturated rings. The van der Waals surface area contributed by atoms with Crippen LogP contribution >= 0.6 is 21.6 Å². The number of ether oxygens (including phenoxy) is 1. The van der Waals surface area contributed by atoms with Gasteiger partial charge in [-0.05, 0) is 22.3 Å². The van der Waals surface area contributed by atoms with E-state index in [0.717, 1.165) is 22.3 Å². The highest BCUT2D eigenvalue weighted by Gasteiger charge is 2.32. The van der Waals surface area contributed by atoms with Crippen LogP contribution in [0.5, 0.6) is 0 Å². The SMILES string of the molecule is CN(C(=O)OCC1c2ccccc2-c2ccccc21)[C@H](CSSC(C)(C)C)C(=O)O. The zero-order valence-corrected chi connectivity index (χ0v) is 19.3. The molecular weight excluding hydrogens is 418 g/mol. The number of rotatable bonds is 7. The molecule has 0 saturated heterocycles. The number of aliphatic carboxylic acids is 1. The lowest BCUT2D eigenvalue weighted by Gasteiger charge is -2.26. The molecule has 2 aromatic carbocycles. The minimum absolute atomic E-state index is 0.00998. The third-order valence-electron chi connectivity index (χ3n) is 4.91. The fourth-order valence-electron chi connectivity index (χ4n) is 3.45. The Labute approximate surface area is 185 Å². The Morgan fingerprint density at radius 2 is 1.60 bits per heavy atom. The molecule has 160 valence electrons. The first-order valence-corrected chi connectivity index (χ1v) is 12.1. The van der Waals surface area contributed by atoms with E-state index in [2.05, 4.69) is 45.0 Å². The summed E-state index contributed by atoms with van der Waals surface area (Å²) in [6, 6.07) is 15.3. The van der Waals surface area contributed by atoms with E-state index in [1.165, 1.54) is 22.7 Å². The largest absolute Gasteiger partial charge is 0.480 e. The molecule has 30 heavy (non-hydrogen) atoms. The molecule has 0 aliphatic heterocycles. The molecule has 5 nitrogen and oxygen atoms in total. The summed E-state index contributed by atoms with van der Waals surface area (Å²) in [6.07, 6.45) is -0.620. The molecule has 1 N–H and O–H groups in total. The summed E-state index contributed by atoms with van der Waals surface area (Å²) >= 11 is 0. The van der Waals surface area contributed by atoms with Crippen LogP contribution in [-0.4, -0.2) is 52.3 Å². The van der Waals surface area contributed by atoms with Gasteiger partial charge < -0.3 is 9.84 Å². The van der Waals surface area contributed by atoms with Crippen molar-refractivity contribution in [3.8, 4) is 11.1 Å². The number of hydrogen-bond acceptors (Lipinski definition) is 5. The minimum Gasteiger partial charge on any atom is -0.480 e. The first-order chi connectivity index (χ1) is 14.2. The predicted molar refractivity (Wildman–Crippen MR) is 124 cm³/mol. The van der Waals surface area contributed by atoms with Crippen LogP contribution in [0.2, 0.25) is 0 Å². The predicted octanol–water partition coefficient (Wildman–Crippen LogP) is 5.50. The Balaban J connectivity index is 1.66. The lowest BCUT2D eigenvalue weighted by atomic mass is 9.98. The summed E-state index contributed by atoms with van der Waals surface area (Å²) in [5, 5.41) is 9.59. The van der Waals surface area contributed by atoms with E-state index >= 15 is 0 Å². The molecule has 1 aliphatic carbocycles. The van der Waals surface area contributed by atoms with Gasteiger partial charge in [-0.15, -0.1) is 0 Å². The number of nitrogens with zero attached hydrogens (tertiary/aromatic N) is 1. The second-order valence-electron chi connectivity index (χ2n) is 8.25. The smallest absolute Gasteiger partial charge is 0.410 e. The molecule has 0 unspecified atom stereocenters. The van der Waals surface area contributed by atoms with Crippen LogP contribution in [0, 0.1) is 0 Å². The Kier molecular flexibility index (Phi) is 7.03. The van der Waals surface area contributed by atoms with Gasteiger partial charge in [0, 0.05) is 23.5 Å². The Morgan fingerprint density at radius 3 is 2.10 bits per heavy atom. The topological polar surface area (TPSA) is 66.8 Å². The van der Waals surface area contributed by atoms with Crippen molar-refractivity contribution in [3.63, 3.8) is 0 Å². The first-order valence-electron chi connectivity index (χ1n) is 9.80. The summed E-state index contributed by atoms with van der Waals surface area (Å²) in [5.74, 6) is -0.797. The van der Waals surface area contributed by atoms with Crippen LogP contribution in [0.25, 0.3) is 11.1 Å². The van der Waals surface area contributed by atoms with E-state index in [9.17, 15) is 14.7 Å². The van der Waals surface area contributed by atoms with Crippen molar-refractivity contribution in [3.05, 3.63) is 59.7 Å². The number of amides is 1. The fraction of sp³-hybridized carbons (Fsp3) is 0.391. The molecule has 0 radical (unpaired) electrons. The molecule has 7 heteroatoms. The molecule has 1 amide bonds. The van der Waals surface area contributed by atoms with Crippen molar-refractivity contribution in [1.82, 2.24) is 4.90 Å². The Bertz CT molecular complexity index is 880. The van der Waals surface area contributed by atoms with Crippen LogP contribution in [0.15, 0.2) is 48.5 Å². The van der Waals surface area contributed by atoms with Gasteiger partial charge in [-0.1, -0.05) is 90.9 Å². The average Bonchev–Trinajstić information content (AvgIpc) is 3.02. The van der Waals surface area contributed by atoms with Crippen molar-refractivity contribution in [2.45, 2.75) is 37.5 Å². The molecule has 0 spiro atoms. The number of carboxylic acids is 1. The van der Waals surface area contributed by atoms with E-state index < -0.39 is 18.1 Å². The third-order valence-corrected chi connectivity index (χ3v) is 8.24. The number of hydrogen-bond donors (Lipinski definition) is 1. The van der Waals surface area contributed by atoms with Crippen LogP contribution in [-0.2, 0) is 9.53 Å². The second-order valence-corrected chi connectivity index (χ2v) is 11.4. The minimum atomic E-state index is -1.03. The number of carbonyl (C=O) groups is 2. The van der Waals surface area contributed by atoms with E-state index in [1.54, 1.807) is 10.8 Å². The maximum absolute atomic E-state index is 12.7. The van der Waals surface area contributed by atoms with Crippen molar-refractivity contribution in [2.24, 2.45) is 0 Å². The molecule has 0 saturated carbocycles. The molecule has 1 aliphatic rings. The quantitative estimate of drug-likeness (QED) is 0.568. The molecular formula is C23H27NO4S2. The molecule has 3 rings (SSSR count). The van der Waals surface area contributed by atoms with Gasteiger partial charge in [-0.25, -0.2) is 9.59 Å². The van der Waals surface area contributed by atoms with Crippen LogP contribution < -0.4 is 0 Å². The van der Waals surface area contributed by atoms with Crippen molar-refractivity contribution >= 4 is 33.7 Å². The van der Waals surface area contributed by atoms with Gasteiger partial charge in [0.05, 0.1) is 0 Å². The van der Waals surface area contributed by atoms with Gasteiger partial charge in [0.15, 0.2) is 0 Å². The number of carbonyl (C=O) groups excluding carboxylic acids is 1. The Morgan fingerprint density at radius 1 is 1.07 bits per heavy atom. The Hall–Kier alpha value is -2.12. The number of fused-ring (bicyclic) bond motifs is 3. The highest BCUT2D eigenvalue weighted by Crippen LogP contribution is 2.44. The van der Waals surface area contributed by atoms with Crippen LogP contribution in [0.3, 0.4) is 0 Å². The van der Waals surface area contributed by atoms with Crippen molar-refractivity contribution < 1.29 is 19.4 Å². The van der Waals surface area contributed by atoms with E-state index in [-0.39, 0.29) is 23.0 Å². The molecule has 0 bridgehead atoms. The number of carboxylic acid groups (broad SMARTS) is 1. The van der Waals surface area contributed by atoms with Gasteiger partial charge in [0.2, 0.25) is 0 Å². The molecule has 0 heterocycles. The molecule has 0 aromatic heterocycles. The molecule has 1 atom stereocenters. The number of benzene rings is 2. The zero-order valence-electron chi connectivity index (χ0n) is 17.6. The van der Waals surface area contributed by atoms with Gasteiger partial charge in [0.25, 0.3) is 0 Å². The lowest BCUT2D eigenvalue weighted by molar-refractivity contribution is -0.141. The summed E-state index contributed by atoms with van der Waals surface area (Å²) < 4.78 is 5.60.